The number of nitrogens with two attached hydrogens (primary N) is 1. The second-order valence-electron chi connectivity index (χ2n) is 4.97. The predicted octanol–water partition coefficient (Wildman–Crippen LogP) is 2.04. The maximum absolute atomic E-state index is 12.2. The van der Waals surface area contributed by atoms with Gasteiger partial charge in [0, 0.05) is 5.69 Å². The third kappa shape index (κ3) is 3.55. The summed E-state index contributed by atoms with van der Waals surface area (Å²) in [6, 6.07) is 5.92. The molecule has 112 valence electrons. The van der Waals surface area contributed by atoms with Crippen LogP contribution >= 0.6 is 11.8 Å². The minimum Gasteiger partial charge on any atom is -0.336 e. The molecule has 2 aromatic rings. The van der Waals surface area contributed by atoms with Crippen LogP contribution in [0.25, 0.3) is 0 Å². The van der Waals surface area contributed by atoms with E-state index in [1.54, 1.807) is 6.92 Å². The highest BCUT2D eigenvalue weighted by molar-refractivity contribution is 8.00. The molecule has 3 N–H and O–H groups in total. The molecule has 0 spiro atoms. The molecule has 1 aromatic carbocycles. The zero-order chi connectivity index (χ0) is 15.6. The van der Waals surface area contributed by atoms with Crippen molar-refractivity contribution in [1.29, 1.82) is 0 Å². The fourth-order valence-corrected chi connectivity index (χ4v) is 2.65. The van der Waals surface area contributed by atoms with Gasteiger partial charge < -0.3 is 11.2 Å². The van der Waals surface area contributed by atoms with Crippen molar-refractivity contribution in [1.82, 2.24) is 14.9 Å². The fourth-order valence-electron chi connectivity index (χ4n) is 1.83. The average Bonchev–Trinajstić information content (AvgIpc) is 2.73. The number of nitrogens with zero attached hydrogens (tertiary/aromatic N) is 3. The van der Waals surface area contributed by atoms with Crippen LogP contribution in [-0.4, -0.2) is 26.0 Å². The van der Waals surface area contributed by atoms with Crippen molar-refractivity contribution in [3.8, 4) is 0 Å². The van der Waals surface area contributed by atoms with Gasteiger partial charge in [0.2, 0.25) is 11.1 Å². The number of amides is 1. The highest BCUT2D eigenvalue weighted by Gasteiger charge is 2.19. The number of aromatic nitrogens is 3. The molecule has 21 heavy (non-hydrogen) atoms. The number of benzene rings is 1. The van der Waals surface area contributed by atoms with E-state index < -0.39 is 0 Å². The van der Waals surface area contributed by atoms with Gasteiger partial charge in [-0.2, -0.15) is 0 Å². The molecule has 0 aliphatic carbocycles. The number of carbonyl (C=O) groups excluding carboxylic acids is 1. The van der Waals surface area contributed by atoms with Crippen LogP contribution in [0.2, 0.25) is 0 Å². The first-order valence-electron chi connectivity index (χ1n) is 6.60. The first-order valence-corrected chi connectivity index (χ1v) is 7.48. The number of nitrogen functional groups attached to an aromatic ring is 1. The van der Waals surface area contributed by atoms with Crippen molar-refractivity contribution >= 4 is 23.4 Å². The Morgan fingerprint density at radius 2 is 2.05 bits per heavy atom. The SMILES string of the molecule is Cc1ccc(NC(=O)C(C)Sc2nnc(C)n2N)c(C)c1. The van der Waals surface area contributed by atoms with E-state index in [-0.39, 0.29) is 11.2 Å². The van der Waals surface area contributed by atoms with Crippen molar-refractivity contribution in [2.24, 2.45) is 0 Å². The average molecular weight is 305 g/mol. The number of hydrogen-bond acceptors (Lipinski definition) is 5. The van der Waals surface area contributed by atoms with Gasteiger partial charge >= 0.3 is 0 Å². The summed E-state index contributed by atoms with van der Waals surface area (Å²) in [6.45, 7) is 7.57. The molecule has 1 atom stereocenters. The van der Waals surface area contributed by atoms with E-state index in [1.807, 2.05) is 39.0 Å². The van der Waals surface area contributed by atoms with E-state index in [2.05, 4.69) is 15.5 Å². The van der Waals surface area contributed by atoms with Crippen LogP contribution in [0.15, 0.2) is 23.4 Å². The quantitative estimate of drug-likeness (QED) is 0.667. The maximum Gasteiger partial charge on any atom is 0.237 e. The van der Waals surface area contributed by atoms with Crippen molar-refractivity contribution in [2.45, 2.75) is 38.1 Å². The van der Waals surface area contributed by atoms with Gasteiger partial charge in [0.05, 0.1) is 5.25 Å². The van der Waals surface area contributed by atoms with Crippen molar-refractivity contribution in [3.05, 3.63) is 35.2 Å². The van der Waals surface area contributed by atoms with Gasteiger partial charge in [-0.3, -0.25) is 4.79 Å². The Balaban J connectivity index is 2.04. The Morgan fingerprint density at radius 3 is 2.62 bits per heavy atom. The lowest BCUT2D eigenvalue weighted by atomic mass is 10.1. The number of anilines is 1. The molecule has 0 bridgehead atoms. The molecule has 1 heterocycles. The normalized spacial score (nSPS) is 12.2. The summed E-state index contributed by atoms with van der Waals surface area (Å²) in [5.41, 5.74) is 3.03. The molecule has 6 nitrogen and oxygen atoms in total. The molecule has 1 amide bonds. The Morgan fingerprint density at radius 1 is 1.33 bits per heavy atom. The molecular weight excluding hydrogens is 286 g/mol. The zero-order valence-electron chi connectivity index (χ0n) is 12.5. The highest BCUT2D eigenvalue weighted by atomic mass is 32.2. The lowest BCUT2D eigenvalue weighted by Gasteiger charge is -2.13. The third-order valence-corrected chi connectivity index (χ3v) is 4.18. The molecule has 1 aromatic heterocycles. The fraction of sp³-hybridized carbons (Fsp3) is 0.357. The maximum atomic E-state index is 12.2. The van der Waals surface area contributed by atoms with E-state index >= 15 is 0 Å². The second kappa shape index (κ2) is 6.17. The van der Waals surface area contributed by atoms with Crippen molar-refractivity contribution < 1.29 is 4.79 Å². The van der Waals surface area contributed by atoms with E-state index in [9.17, 15) is 4.79 Å². The van der Waals surface area contributed by atoms with E-state index in [4.69, 9.17) is 5.84 Å². The minimum atomic E-state index is -0.323. The van der Waals surface area contributed by atoms with Crippen molar-refractivity contribution in [3.63, 3.8) is 0 Å². The molecule has 1 unspecified atom stereocenters. The number of hydrogen-bond donors (Lipinski definition) is 2. The molecule has 2 rings (SSSR count). The Hall–Kier alpha value is -2.02. The topological polar surface area (TPSA) is 85.8 Å². The molecule has 0 aliphatic rings. The summed E-state index contributed by atoms with van der Waals surface area (Å²) < 4.78 is 1.38. The molecule has 0 aliphatic heterocycles. The monoisotopic (exact) mass is 305 g/mol. The number of carbonyl (C=O) groups is 1. The van der Waals surface area contributed by atoms with Gasteiger partial charge in [-0.05, 0) is 39.3 Å². The summed E-state index contributed by atoms with van der Waals surface area (Å²) in [5, 5.41) is 10.9. The molecule has 7 heteroatoms. The summed E-state index contributed by atoms with van der Waals surface area (Å²) in [7, 11) is 0. The van der Waals surface area contributed by atoms with E-state index in [1.165, 1.54) is 22.0 Å². The third-order valence-electron chi connectivity index (χ3n) is 3.13. The largest absolute Gasteiger partial charge is 0.336 e. The first-order chi connectivity index (χ1) is 9.88. The van der Waals surface area contributed by atoms with Gasteiger partial charge in [0.15, 0.2) is 0 Å². The molecular formula is C14H19N5OS. The minimum absolute atomic E-state index is 0.0902. The van der Waals surface area contributed by atoms with Crippen molar-refractivity contribution in [2.75, 3.05) is 11.2 Å². The smallest absolute Gasteiger partial charge is 0.237 e. The Kier molecular flexibility index (Phi) is 4.52. The van der Waals surface area contributed by atoms with E-state index in [0.29, 0.717) is 11.0 Å². The van der Waals surface area contributed by atoms with Gasteiger partial charge in [-0.15, -0.1) is 10.2 Å². The van der Waals surface area contributed by atoms with Crippen LogP contribution in [0, 0.1) is 20.8 Å². The van der Waals surface area contributed by atoms with Crippen LogP contribution in [0.1, 0.15) is 23.9 Å². The van der Waals surface area contributed by atoms with Crippen LogP contribution in [0.4, 0.5) is 5.69 Å². The summed E-state index contributed by atoms with van der Waals surface area (Å²) in [5.74, 6) is 6.30. The number of rotatable bonds is 4. The summed E-state index contributed by atoms with van der Waals surface area (Å²) in [4.78, 5) is 12.2. The van der Waals surface area contributed by atoms with Crippen LogP contribution < -0.4 is 11.2 Å². The molecule has 0 saturated carbocycles. The summed E-state index contributed by atoms with van der Waals surface area (Å²) >= 11 is 1.28. The van der Waals surface area contributed by atoms with Gasteiger partial charge in [-0.25, -0.2) is 4.68 Å². The van der Waals surface area contributed by atoms with Gasteiger partial charge in [0.1, 0.15) is 5.82 Å². The Labute approximate surface area is 128 Å². The lowest BCUT2D eigenvalue weighted by Crippen LogP contribution is -2.24. The van der Waals surface area contributed by atoms with Gasteiger partial charge in [0.25, 0.3) is 0 Å². The van der Waals surface area contributed by atoms with Crippen LogP contribution in [-0.2, 0) is 4.79 Å². The number of nitrogens with one attached hydrogen (secondary N) is 1. The first kappa shape index (κ1) is 15.4. The predicted molar refractivity (Wildman–Crippen MR) is 84.8 cm³/mol. The molecule has 0 fully saturated rings. The zero-order valence-corrected chi connectivity index (χ0v) is 13.4. The van der Waals surface area contributed by atoms with Crippen LogP contribution in [0.5, 0.6) is 0 Å². The van der Waals surface area contributed by atoms with Crippen LogP contribution in [0.3, 0.4) is 0 Å². The number of thioether (sulfide) groups is 1. The van der Waals surface area contributed by atoms with E-state index in [0.717, 1.165) is 11.3 Å². The molecule has 0 radical (unpaired) electrons. The number of aryl methyl sites for hydroxylation is 3. The lowest BCUT2D eigenvalue weighted by molar-refractivity contribution is -0.115. The Bertz CT molecular complexity index is 667. The standard InChI is InChI=1S/C14H19N5OS/c1-8-5-6-12(9(2)7-8)16-13(20)10(3)21-14-18-17-11(4)19(14)15/h5-7,10H,15H2,1-4H3,(H,16,20). The second-order valence-corrected chi connectivity index (χ2v) is 6.28. The molecule has 0 saturated heterocycles. The van der Waals surface area contributed by atoms with Gasteiger partial charge in [-0.1, -0.05) is 29.5 Å². The summed E-state index contributed by atoms with van der Waals surface area (Å²) in [6.07, 6.45) is 0. The highest BCUT2D eigenvalue weighted by Crippen LogP contribution is 2.23.